The minimum Gasteiger partial charge on any atom is -0.378 e. The summed E-state index contributed by atoms with van der Waals surface area (Å²) in [6, 6.07) is 12.2. The lowest BCUT2D eigenvalue weighted by Gasteiger charge is -2.30. The number of ether oxygens (including phenoxy) is 2. The Morgan fingerprint density at radius 1 is 1.17 bits per heavy atom. The van der Waals surface area contributed by atoms with Gasteiger partial charge in [-0.2, -0.15) is 0 Å². The van der Waals surface area contributed by atoms with Crippen molar-refractivity contribution in [3.63, 3.8) is 0 Å². The van der Waals surface area contributed by atoms with Gasteiger partial charge in [-0.3, -0.25) is 14.9 Å². The van der Waals surface area contributed by atoms with Gasteiger partial charge in [0.15, 0.2) is 0 Å². The van der Waals surface area contributed by atoms with Crippen molar-refractivity contribution in [3.05, 3.63) is 69.3 Å². The number of carbonyl (C=O) groups excluding carboxylic acids is 1. The van der Waals surface area contributed by atoms with E-state index in [0.717, 1.165) is 11.1 Å². The molecule has 0 bridgehead atoms. The molecule has 1 amide bonds. The largest absolute Gasteiger partial charge is 0.378 e. The molecule has 8 heteroatoms. The van der Waals surface area contributed by atoms with E-state index in [2.05, 4.69) is 5.32 Å². The number of amides is 1. The molecule has 1 aliphatic heterocycles. The van der Waals surface area contributed by atoms with Gasteiger partial charge in [0.05, 0.1) is 36.0 Å². The maximum atomic E-state index is 12.9. The van der Waals surface area contributed by atoms with E-state index in [1.807, 2.05) is 36.1 Å². The predicted octanol–water partition coefficient (Wildman–Crippen LogP) is 2.90. The SMILES string of the molecule is CCOCc1ccc(CNC(=O)c2cc([N+](=O)[O-])ccc2N2CCOCC2)cc1. The molecular formula is C21H25N3O5. The highest BCUT2D eigenvalue weighted by molar-refractivity contribution is 6.00. The van der Waals surface area contributed by atoms with Gasteiger partial charge in [-0.15, -0.1) is 0 Å². The molecule has 2 aromatic rings. The molecule has 8 nitrogen and oxygen atoms in total. The van der Waals surface area contributed by atoms with Crippen molar-refractivity contribution in [2.24, 2.45) is 0 Å². The molecule has 2 aromatic carbocycles. The molecule has 0 saturated carbocycles. The third kappa shape index (κ3) is 5.52. The van der Waals surface area contributed by atoms with Gasteiger partial charge >= 0.3 is 0 Å². The monoisotopic (exact) mass is 399 g/mol. The van der Waals surface area contributed by atoms with Gasteiger partial charge in [-0.25, -0.2) is 0 Å². The highest BCUT2D eigenvalue weighted by Crippen LogP contribution is 2.26. The second-order valence-electron chi connectivity index (χ2n) is 6.69. The normalized spacial score (nSPS) is 13.9. The van der Waals surface area contributed by atoms with Crippen LogP contribution < -0.4 is 10.2 Å². The minimum absolute atomic E-state index is 0.104. The van der Waals surface area contributed by atoms with E-state index < -0.39 is 4.92 Å². The second-order valence-corrected chi connectivity index (χ2v) is 6.69. The Kier molecular flexibility index (Phi) is 7.15. The second kappa shape index (κ2) is 9.99. The fraction of sp³-hybridized carbons (Fsp3) is 0.381. The molecule has 1 aliphatic rings. The molecule has 154 valence electrons. The smallest absolute Gasteiger partial charge is 0.270 e. The molecule has 1 fully saturated rings. The first-order valence-electron chi connectivity index (χ1n) is 9.63. The van der Waals surface area contributed by atoms with Gasteiger partial charge < -0.3 is 19.7 Å². The van der Waals surface area contributed by atoms with Gasteiger partial charge in [0, 0.05) is 38.4 Å². The molecule has 3 rings (SSSR count). The van der Waals surface area contributed by atoms with Crippen LogP contribution in [0.3, 0.4) is 0 Å². The summed E-state index contributed by atoms with van der Waals surface area (Å²) in [5.74, 6) is -0.339. The van der Waals surface area contributed by atoms with Crippen LogP contribution in [0.2, 0.25) is 0 Å². The number of hydrogen-bond acceptors (Lipinski definition) is 6. The summed E-state index contributed by atoms with van der Waals surface area (Å²) >= 11 is 0. The number of nitrogens with one attached hydrogen (secondary N) is 1. The number of non-ortho nitro benzene ring substituents is 1. The highest BCUT2D eigenvalue weighted by atomic mass is 16.6. The van der Waals surface area contributed by atoms with Crippen LogP contribution in [0.15, 0.2) is 42.5 Å². The average molecular weight is 399 g/mol. The standard InChI is InChI=1S/C21H25N3O5/c1-2-28-15-17-5-3-16(4-6-17)14-22-21(25)19-13-18(24(26)27)7-8-20(19)23-9-11-29-12-10-23/h3-8,13H,2,9-12,14-15H2,1H3,(H,22,25). The van der Waals surface area contributed by atoms with Crippen molar-refractivity contribution in [2.75, 3.05) is 37.8 Å². The summed E-state index contributed by atoms with van der Waals surface area (Å²) in [6.45, 7) is 5.89. The summed E-state index contributed by atoms with van der Waals surface area (Å²) in [5.41, 5.74) is 2.89. The lowest BCUT2D eigenvalue weighted by molar-refractivity contribution is -0.384. The lowest BCUT2D eigenvalue weighted by Crippen LogP contribution is -2.38. The van der Waals surface area contributed by atoms with E-state index in [4.69, 9.17) is 9.47 Å². The molecule has 0 spiro atoms. The Morgan fingerprint density at radius 2 is 1.86 bits per heavy atom. The average Bonchev–Trinajstić information content (AvgIpc) is 2.77. The van der Waals surface area contributed by atoms with Gasteiger partial charge in [0.1, 0.15) is 0 Å². The van der Waals surface area contributed by atoms with E-state index >= 15 is 0 Å². The predicted molar refractivity (Wildman–Crippen MR) is 109 cm³/mol. The zero-order valence-corrected chi connectivity index (χ0v) is 16.4. The fourth-order valence-corrected chi connectivity index (χ4v) is 3.15. The van der Waals surface area contributed by atoms with Crippen molar-refractivity contribution in [1.29, 1.82) is 0 Å². The van der Waals surface area contributed by atoms with Crippen LogP contribution in [0.5, 0.6) is 0 Å². The van der Waals surface area contributed by atoms with Crippen molar-refractivity contribution < 1.29 is 19.2 Å². The van der Waals surface area contributed by atoms with E-state index in [1.54, 1.807) is 6.07 Å². The number of morpholine rings is 1. The third-order valence-electron chi connectivity index (χ3n) is 4.74. The van der Waals surface area contributed by atoms with Crippen molar-refractivity contribution >= 4 is 17.3 Å². The topological polar surface area (TPSA) is 93.9 Å². The quantitative estimate of drug-likeness (QED) is 0.542. The Hall–Kier alpha value is -2.97. The van der Waals surface area contributed by atoms with Crippen LogP contribution in [0.25, 0.3) is 0 Å². The van der Waals surface area contributed by atoms with E-state index in [1.165, 1.54) is 12.1 Å². The van der Waals surface area contributed by atoms with Crippen LogP contribution in [0, 0.1) is 10.1 Å². The summed E-state index contributed by atoms with van der Waals surface area (Å²) < 4.78 is 10.7. The molecule has 1 N–H and O–H groups in total. The van der Waals surface area contributed by atoms with E-state index in [0.29, 0.717) is 57.3 Å². The molecule has 0 aliphatic carbocycles. The summed E-state index contributed by atoms with van der Waals surface area (Å²) in [7, 11) is 0. The number of benzene rings is 2. The zero-order chi connectivity index (χ0) is 20.6. The minimum atomic E-state index is -0.489. The third-order valence-corrected chi connectivity index (χ3v) is 4.74. The Bertz CT molecular complexity index is 848. The molecular weight excluding hydrogens is 374 g/mol. The first-order valence-corrected chi connectivity index (χ1v) is 9.63. The van der Waals surface area contributed by atoms with Crippen molar-refractivity contribution in [3.8, 4) is 0 Å². The molecule has 29 heavy (non-hydrogen) atoms. The zero-order valence-electron chi connectivity index (χ0n) is 16.4. The number of anilines is 1. The number of nitro groups is 1. The number of carbonyl (C=O) groups is 1. The van der Waals surface area contributed by atoms with Crippen LogP contribution in [0.4, 0.5) is 11.4 Å². The van der Waals surface area contributed by atoms with Crippen molar-refractivity contribution in [1.82, 2.24) is 5.32 Å². The van der Waals surface area contributed by atoms with Crippen molar-refractivity contribution in [2.45, 2.75) is 20.1 Å². The molecule has 0 unspecified atom stereocenters. The molecule has 1 heterocycles. The summed E-state index contributed by atoms with van der Waals surface area (Å²) in [5, 5.41) is 14.1. The Balaban J connectivity index is 1.72. The number of rotatable bonds is 8. The maximum Gasteiger partial charge on any atom is 0.270 e. The maximum absolute atomic E-state index is 12.9. The highest BCUT2D eigenvalue weighted by Gasteiger charge is 2.22. The summed E-state index contributed by atoms with van der Waals surface area (Å²) in [4.78, 5) is 25.6. The van der Waals surface area contributed by atoms with Crippen LogP contribution in [-0.4, -0.2) is 43.7 Å². The van der Waals surface area contributed by atoms with E-state index in [9.17, 15) is 14.9 Å². The van der Waals surface area contributed by atoms with Gasteiger partial charge in [-0.05, 0) is 24.1 Å². The van der Waals surface area contributed by atoms with Crippen LogP contribution in [-0.2, 0) is 22.6 Å². The first-order chi connectivity index (χ1) is 14.1. The fourth-order valence-electron chi connectivity index (χ4n) is 3.15. The van der Waals surface area contributed by atoms with E-state index in [-0.39, 0.29) is 11.6 Å². The van der Waals surface area contributed by atoms with Crippen LogP contribution in [0.1, 0.15) is 28.4 Å². The Labute approximate surface area is 169 Å². The summed E-state index contributed by atoms with van der Waals surface area (Å²) in [6.07, 6.45) is 0. The molecule has 0 aromatic heterocycles. The Morgan fingerprint density at radius 3 is 2.52 bits per heavy atom. The number of nitrogens with zero attached hydrogens (tertiary/aromatic N) is 2. The lowest BCUT2D eigenvalue weighted by atomic mass is 10.1. The number of hydrogen-bond donors (Lipinski definition) is 1. The molecule has 1 saturated heterocycles. The molecule has 0 radical (unpaired) electrons. The van der Waals surface area contributed by atoms with Gasteiger partial charge in [-0.1, -0.05) is 24.3 Å². The van der Waals surface area contributed by atoms with Crippen LogP contribution >= 0.6 is 0 Å². The van der Waals surface area contributed by atoms with Gasteiger partial charge in [0.2, 0.25) is 0 Å². The van der Waals surface area contributed by atoms with Gasteiger partial charge in [0.25, 0.3) is 11.6 Å². The first kappa shape index (κ1) is 20.8. The molecule has 0 atom stereocenters. The number of nitro benzene ring substituents is 1.